The normalized spacial score (nSPS) is 24.5. The molecule has 44 heavy (non-hydrogen) atoms. The maximum atomic E-state index is 13.5. The Bertz CT molecular complexity index is 1690. The van der Waals surface area contributed by atoms with Gasteiger partial charge in [0, 0.05) is 35.8 Å². The van der Waals surface area contributed by atoms with E-state index in [1.807, 2.05) is 39.0 Å². The zero-order chi connectivity index (χ0) is 30.6. The second-order valence-electron chi connectivity index (χ2n) is 13.2. The number of benzene rings is 2. The summed E-state index contributed by atoms with van der Waals surface area (Å²) in [6.45, 7) is 7.43. The molecule has 1 aromatic heterocycles. The van der Waals surface area contributed by atoms with Crippen molar-refractivity contribution in [3.05, 3.63) is 64.7 Å². The largest absolute Gasteiger partial charge is 0.470 e. The predicted octanol–water partition coefficient (Wildman–Crippen LogP) is 5.41. The molecule has 2 saturated carbocycles. The first kappa shape index (κ1) is 29.2. The average molecular weight is 616 g/mol. The Morgan fingerprint density at radius 2 is 1.73 bits per heavy atom. The molecular formula is C34H41N5O4S. The third-order valence-electron chi connectivity index (χ3n) is 10.3. The van der Waals surface area contributed by atoms with Gasteiger partial charge in [-0.25, -0.2) is 18.1 Å². The number of likely N-dealkylation sites (tertiary alicyclic amines) is 1. The van der Waals surface area contributed by atoms with Crippen molar-refractivity contribution in [2.45, 2.75) is 95.2 Å². The maximum absolute atomic E-state index is 13.5. The molecule has 1 amide bonds. The Morgan fingerprint density at radius 3 is 2.45 bits per heavy atom. The first-order valence-electron chi connectivity index (χ1n) is 16.0. The number of fused-ring (bicyclic) bond motifs is 5. The van der Waals surface area contributed by atoms with Gasteiger partial charge in [-0.1, -0.05) is 50.5 Å². The number of nitrogens with zero attached hydrogens (tertiary/aromatic N) is 3. The van der Waals surface area contributed by atoms with Crippen LogP contribution in [-0.4, -0.2) is 60.5 Å². The van der Waals surface area contributed by atoms with Gasteiger partial charge in [0.1, 0.15) is 6.10 Å². The molecule has 3 fully saturated rings. The van der Waals surface area contributed by atoms with Crippen molar-refractivity contribution >= 4 is 21.9 Å². The fourth-order valence-electron chi connectivity index (χ4n) is 7.97. The van der Waals surface area contributed by atoms with E-state index in [0.717, 1.165) is 22.3 Å². The topological polar surface area (TPSA) is 114 Å². The summed E-state index contributed by atoms with van der Waals surface area (Å²) in [5, 5.41) is 3.20. The molecule has 1 saturated heterocycles. The number of nitrogens with one attached hydrogen (secondary N) is 2. The van der Waals surface area contributed by atoms with Crippen molar-refractivity contribution in [2.24, 2.45) is 5.41 Å². The third-order valence-corrected chi connectivity index (χ3v) is 11.6. The SMILES string of the molecule is CCc1c2nc(nc1-c1c(C)cccc1C)NS(=O)(=O)c1cccc(c1)C(=O)N[C@@H]1CN(C3CC4(CCCCC4)C3)C[C@H]1O2. The molecule has 7 rings (SSSR count). The van der Waals surface area contributed by atoms with Gasteiger partial charge in [-0.3, -0.25) is 9.69 Å². The van der Waals surface area contributed by atoms with E-state index in [2.05, 4.69) is 19.9 Å². The van der Waals surface area contributed by atoms with E-state index < -0.39 is 10.0 Å². The first-order chi connectivity index (χ1) is 21.1. The number of carbonyl (C=O) groups is 1. The molecule has 232 valence electrons. The van der Waals surface area contributed by atoms with E-state index in [1.165, 1.54) is 57.1 Å². The second-order valence-corrected chi connectivity index (χ2v) is 14.9. The third kappa shape index (κ3) is 5.26. The smallest absolute Gasteiger partial charge is 0.264 e. The molecule has 2 atom stereocenters. The van der Waals surface area contributed by atoms with Gasteiger partial charge in [-0.2, -0.15) is 4.98 Å². The van der Waals surface area contributed by atoms with Crippen LogP contribution in [0.3, 0.4) is 0 Å². The molecule has 3 aromatic rings. The Hall–Kier alpha value is -3.50. The number of aromatic nitrogens is 2. The van der Waals surface area contributed by atoms with E-state index in [-0.39, 0.29) is 34.5 Å². The molecule has 10 heteroatoms. The van der Waals surface area contributed by atoms with Gasteiger partial charge in [-0.05, 0) is 80.7 Å². The average Bonchev–Trinajstić information content (AvgIpc) is 3.37. The standard InChI is InChI=1S/C34H41N5O4S/c1-4-26-30(29-21(2)10-8-11-22(29)3)36-33-37-32(26)43-28-20-39(24-17-34(18-24)14-6-5-7-15-34)19-27(28)35-31(40)23-12-9-13-25(16-23)44(41,42)38-33/h8-13,16,24,27-28H,4-7,14-15,17-20H2,1-3H3,(H,35,40)(H,36,37,38)/t27-,28-/m1/s1. The van der Waals surface area contributed by atoms with Crippen LogP contribution < -0.4 is 14.8 Å². The Morgan fingerprint density at radius 1 is 1.00 bits per heavy atom. The van der Waals surface area contributed by atoms with Crippen LogP contribution in [0.15, 0.2) is 47.4 Å². The summed E-state index contributed by atoms with van der Waals surface area (Å²) in [6.07, 6.45) is 9.31. The number of aryl methyl sites for hydroxylation is 2. The number of amides is 1. The number of hydrogen-bond acceptors (Lipinski definition) is 7. The lowest BCUT2D eigenvalue weighted by atomic mass is 9.58. The minimum atomic E-state index is -4.09. The highest BCUT2D eigenvalue weighted by atomic mass is 32.2. The lowest BCUT2D eigenvalue weighted by Gasteiger charge is -2.53. The van der Waals surface area contributed by atoms with E-state index in [1.54, 1.807) is 12.1 Å². The second kappa shape index (κ2) is 11.1. The first-order valence-corrected chi connectivity index (χ1v) is 17.4. The van der Waals surface area contributed by atoms with Crippen LogP contribution in [0.2, 0.25) is 0 Å². The Labute approximate surface area is 259 Å². The highest BCUT2D eigenvalue weighted by Crippen LogP contribution is 2.53. The van der Waals surface area contributed by atoms with Crippen molar-refractivity contribution in [3.63, 3.8) is 0 Å². The Kier molecular flexibility index (Phi) is 7.40. The fraction of sp³-hybridized carbons (Fsp3) is 0.500. The summed E-state index contributed by atoms with van der Waals surface area (Å²) in [6, 6.07) is 12.4. The highest BCUT2D eigenvalue weighted by molar-refractivity contribution is 7.92. The number of ether oxygens (including phenoxy) is 1. The summed E-state index contributed by atoms with van der Waals surface area (Å²) in [5.74, 6) is -0.0143. The lowest BCUT2D eigenvalue weighted by Crippen LogP contribution is -2.51. The summed E-state index contributed by atoms with van der Waals surface area (Å²) < 4.78 is 36.4. The van der Waals surface area contributed by atoms with Crippen LogP contribution in [0.5, 0.6) is 5.88 Å². The zero-order valence-electron chi connectivity index (χ0n) is 25.7. The van der Waals surface area contributed by atoms with Gasteiger partial charge in [0.05, 0.1) is 16.6 Å². The molecule has 2 aromatic carbocycles. The van der Waals surface area contributed by atoms with E-state index in [9.17, 15) is 13.2 Å². The number of anilines is 1. The zero-order valence-corrected chi connectivity index (χ0v) is 26.5. The van der Waals surface area contributed by atoms with Gasteiger partial charge < -0.3 is 10.1 Å². The molecule has 0 unspecified atom stereocenters. The lowest BCUT2D eigenvalue weighted by molar-refractivity contribution is -0.0195. The van der Waals surface area contributed by atoms with Gasteiger partial charge in [0.2, 0.25) is 11.8 Å². The molecule has 4 aliphatic rings. The molecule has 3 heterocycles. The van der Waals surface area contributed by atoms with Gasteiger partial charge in [0.15, 0.2) is 0 Å². The minimum absolute atomic E-state index is 0.0273. The van der Waals surface area contributed by atoms with E-state index in [0.29, 0.717) is 42.5 Å². The molecular weight excluding hydrogens is 574 g/mol. The highest BCUT2D eigenvalue weighted by Gasteiger charge is 2.50. The van der Waals surface area contributed by atoms with Crippen molar-refractivity contribution in [1.82, 2.24) is 20.2 Å². The molecule has 0 radical (unpaired) electrons. The summed E-state index contributed by atoms with van der Waals surface area (Å²) >= 11 is 0. The fourth-order valence-corrected chi connectivity index (χ4v) is 8.96. The molecule has 4 bridgehead atoms. The number of rotatable bonds is 3. The van der Waals surface area contributed by atoms with Crippen LogP contribution in [0.1, 0.15) is 78.9 Å². The molecule has 9 nitrogen and oxygen atoms in total. The summed E-state index contributed by atoms with van der Waals surface area (Å²) in [4.78, 5) is 25.5. The predicted molar refractivity (Wildman–Crippen MR) is 169 cm³/mol. The van der Waals surface area contributed by atoms with Gasteiger partial charge >= 0.3 is 0 Å². The molecule has 2 N–H and O–H groups in total. The quantitative estimate of drug-likeness (QED) is 0.405. The Balaban J connectivity index is 1.31. The van der Waals surface area contributed by atoms with Crippen LogP contribution in [0.25, 0.3) is 11.3 Å². The summed E-state index contributed by atoms with van der Waals surface area (Å²) in [7, 11) is -4.09. The van der Waals surface area contributed by atoms with Crippen LogP contribution in [0.4, 0.5) is 5.95 Å². The number of hydrogen-bond donors (Lipinski definition) is 2. The monoisotopic (exact) mass is 615 g/mol. The van der Waals surface area contributed by atoms with Crippen molar-refractivity contribution in [3.8, 4) is 17.1 Å². The van der Waals surface area contributed by atoms with Crippen LogP contribution in [0, 0.1) is 19.3 Å². The maximum Gasteiger partial charge on any atom is 0.264 e. The van der Waals surface area contributed by atoms with Crippen LogP contribution >= 0.6 is 0 Å². The summed E-state index contributed by atoms with van der Waals surface area (Å²) in [5.41, 5.74) is 5.25. The number of sulfonamides is 1. The van der Waals surface area contributed by atoms with Crippen LogP contribution in [-0.2, 0) is 16.4 Å². The van der Waals surface area contributed by atoms with Crippen molar-refractivity contribution in [1.29, 1.82) is 0 Å². The van der Waals surface area contributed by atoms with Crippen molar-refractivity contribution in [2.75, 3.05) is 17.8 Å². The van der Waals surface area contributed by atoms with Crippen molar-refractivity contribution < 1.29 is 17.9 Å². The van der Waals surface area contributed by atoms with Gasteiger partial charge in [0.25, 0.3) is 15.9 Å². The molecule has 2 aliphatic heterocycles. The molecule has 2 aliphatic carbocycles. The number of carbonyl (C=O) groups excluding carboxylic acids is 1. The van der Waals surface area contributed by atoms with Gasteiger partial charge in [-0.15, -0.1) is 0 Å². The van der Waals surface area contributed by atoms with E-state index >= 15 is 0 Å². The van der Waals surface area contributed by atoms with E-state index in [4.69, 9.17) is 9.72 Å². The minimum Gasteiger partial charge on any atom is -0.470 e. The molecule has 1 spiro atoms.